The van der Waals surface area contributed by atoms with Gasteiger partial charge in [0.2, 0.25) is 0 Å². The molecule has 29 heavy (non-hydrogen) atoms. The lowest BCUT2D eigenvalue weighted by Crippen LogP contribution is -2.47. The van der Waals surface area contributed by atoms with E-state index in [9.17, 15) is 0 Å². The molecule has 0 unspecified atom stereocenters. The van der Waals surface area contributed by atoms with Crippen molar-refractivity contribution in [3.8, 4) is 5.75 Å². The number of ether oxygens (including phenoxy) is 2. The highest BCUT2D eigenvalue weighted by Gasteiger charge is 2.44. The van der Waals surface area contributed by atoms with E-state index in [1.54, 1.807) is 6.33 Å². The smallest absolute Gasteiger partial charge is 0.143 e. The number of hydrogen-bond acceptors (Lipinski definition) is 6. The molecule has 2 saturated heterocycles. The molecule has 0 aliphatic carbocycles. The number of para-hydroxylation sites is 1. The van der Waals surface area contributed by atoms with Crippen molar-refractivity contribution in [2.24, 2.45) is 11.8 Å². The van der Waals surface area contributed by atoms with Crippen LogP contribution < -0.4 is 10.1 Å². The minimum absolute atomic E-state index is 0.105. The Morgan fingerprint density at radius 3 is 2.79 bits per heavy atom. The van der Waals surface area contributed by atoms with Gasteiger partial charge in [-0.15, -0.1) is 0 Å². The van der Waals surface area contributed by atoms with E-state index in [1.807, 2.05) is 13.0 Å². The number of nitrogens with one attached hydrogen (secondary N) is 2. The van der Waals surface area contributed by atoms with Crippen molar-refractivity contribution in [1.29, 1.82) is 0 Å². The fourth-order valence-electron chi connectivity index (χ4n) is 5.17. The molecule has 150 valence electrons. The zero-order valence-electron chi connectivity index (χ0n) is 16.5. The summed E-state index contributed by atoms with van der Waals surface area (Å²) in [6, 6.07) is 10.8. The van der Waals surface area contributed by atoms with Gasteiger partial charge < -0.3 is 19.8 Å². The Morgan fingerprint density at radius 2 is 1.93 bits per heavy atom. The molecule has 0 bridgehead atoms. The lowest BCUT2D eigenvalue weighted by molar-refractivity contribution is 0.0952. The van der Waals surface area contributed by atoms with Crippen LogP contribution in [-0.2, 0) is 4.74 Å². The second-order valence-corrected chi connectivity index (χ2v) is 8.49. The molecule has 4 atom stereocenters. The van der Waals surface area contributed by atoms with Gasteiger partial charge in [-0.3, -0.25) is 4.90 Å². The molecule has 1 aromatic carbocycles. The van der Waals surface area contributed by atoms with Crippen LogP contribution in [0.4, 0.5) is 5.82 Å². The summed E-state index contributed by atoms with van der Waals surface area (Å²) in [7, 11) is 0. The zero-order chi connectivity index (χ0) is 19.4. The summed E-state index contributed by atoms with van der Waals surface area (Å²) in [4.78, 5) is 14.9. The first-order valence-corrected chi connectivity index (χ1v) is 10.4. The second-order valence-electron chi connectivity index (χ2n) is 8.49. The quantitative estimate of drug-likeness (QED) is 0.715. The number of H-pyrrole nitrogens is 1. The van der Waals surface area contributed by atoms with Crippen LogP contribution in [0.25, 0.3) is 11.0 Å². The molecule has 6 rings (SSSR count). The first kappa shape index (κ1) is 17.2. The fraction of sp³-hybridized carbons (Fsp3) is 0.455. The van der Waals surface area contributed by atoms with E-state index < -0.39 is 0 Å². The predicted molar refractivity (Wildman–Crippen MR) is 110 cm³/mol. The third-order valence-electron chi connectivity index (χ3n) is 6.64. The van der Waals surface area contributed by atoms with Crippen LogP contribution in [0.15, 0.2) is 36.7 Å². The lowest BCUT2D eigenvalue weighted by atomic mass is 9.95. The van der Waals surface area contributed by atoms with Crippen LogP contribution in [-0.4, -0.2) is 58.8 Å². The number of aromatic nitrogens is 3. The maximum absolute atomic E-state index is 6.18. The van der Waals surface area contributed by atoms with Crippen LogP contribution in [0.1, 0.15) is 17.3 Å². The van der Waals surface area contributed by atoms with Gasteiger partial charge in [0.1, 0.15) is 30.1 Å². The standard InChI is InChI=1S/C22H25N5O2/c1-13-6-17-21(25-13)23-12-24-22(17)26-20-16-4-2-3-5-19(16)29-11-18(20)27-7-14-9-28-10-15(14)8-27/h2-6,12,14-15,18,20H,7-11H2,1H3,(H2,23,24,25,26)/t14-,15+,18-,20-/m0/s1. The number of anilines is 1. The molecule has 0 amide bonds. The SMILES string of the molecule is Cc1cc2c(N[C@H]3c4ccccc4OC[C@@H]3N3C[C@H]4COC[C@H]4C3)ncnc2[nH]1. The Balaban J connectivity index is 1.37. The zero-order valence-corrected chi connectivity index (χ0v) is 16.5. The van der Waals surface area contributed by atoms with E-state index in [0.717, 1.165) is 54.6 Å². The Labute approximate surface area is 169 Å². The summed E-state index contributed by atoms with van der Waals surface area (Å²) in [5.41, 5.74) is 3.14. The summed E-state index contributed by atoms with van der Waals surface area (Å²) in [6.07, 6.45) is 1.62. The van der Waals surface area contributed by atoms with Gasteiger partial charge in [-0.25, -0.2) is 9.97 Å². The fourth-order valence-corrected chi connectivity index (χ4v) is 5.17. The van der Waals surface area contributed by atoms with Gasteiger partial charge in [-0.2, -0.15) is 0 Å². The minimum Gasteiger partial charge on any atom is -0.491 e. The van der Waals surface area contributed by atoms with E-state index in [-0.39, 0.29) is 12.1 Å². The predicted octanol–water partition coefficient (Wildman–Crippen LogP) is 2.76. The number of nitrogens with zero attached hydrogens (tertiary/aromatic N) is 3. The Hall–Kier alpha value is -2.64. The van der Waals surface area contributed by atoms with Crippen molar-refractivity contribution in [1.82, 2.24) is 19.9 Å². The van der Waals surface area contributed by atoms with Crippen LogP contribution in [0.3, 0.4) is 0 Å². The Kier molecular flexibility index (Phi) is 3.99. The van der Waals surface area contributed by atoms with Crippen molar-refractivity contribution >= 4 is 16.9 Å². The second kappa shape index (κ2) is 6.71. The molecular formula is C22H25N5O2. The molecule has 3 aromatic rings. The number of hydrogen-bond donors (Lipinski definition) is 2. The molecule has 0 radical (unpaired) electrons. The van der Waals surface area contributed by atoms with Gasteiger partial charge >= 0.3 is 0 Å². The third-order valence-corrected chi connectivity index (χ3v) is 6.64. The molecule has 0 spiro atoms. The lowest BCUT2D eigenvalue weighted by Gasteiger charge is -2.39. The molecule has 7 nitrogen and oxygen atoms in total. The van der Waals surface area contributed by atoms with E-state index in [4.69, 9.17) is 9.47 Å². The van der Waals surface area contributed by atoms with Gasteiger partial charge in [0.15, 0.2) is 0 Å². The summed E-state index contributed by atoms with van der Waals surface area (Å²) in [5, 5.41) is 4.79. The number of likely N-dealkylation sites (tertiary alicyclic amines) is 1. The van der Waals surface area contributed by atoms with E-state index in [2.05, 4.69) is 49.4 Å². The van der Waals surface area contributed by atoms with Gasteiger partial charge in [-0.05, 0) is 19.1 Å². The number of benzene rings is 1. The summed E-state index contributed by atoms with van der Waals surface area (Å²) < 4.78 is 11.9. The largest absolute Gasteiger partial charge is 0.491 e. The maximum Gasteiger partial charge on any atom is 0.143 e. The molecule has 7 heteroatoms. The van der Waals surface area contributed by atoms with Crippen LogP contribution in [0.5, 0.6) is 5.75 Å². The van der Waals surface area contributed by atoms with Crippen molar-refractivity contribution in [2.75, 3.05) is 38.2 Å². The molecule has 0 saturated carbocycles. The minimum atomic E-state index is 0.105. The van der Waals surface area contributed by atoms with E-state index >= 15 is 0 Å². The normalized spacial score (nSPS) is 28.9. The van der Waals surface area contributed by atoms with Crippen LogP contribution in [0, 0.1) is 18.8 Å². The molecular weight excluding hydrogens is 366 g/mol. The maximum atomic E-state index is 6.18. The molecule has 2 aromatic heterocycles. The average molecular weight is 391 g/mol. The number of aryl methyl sites for hydroxylation is 1. The summed E-state index contributed by atoms with van der Waals surface area (Å²) in [6.45, 7) is 6.64. The van der Waals surface area contributed by atoms with Gasteiger partial charge in [0.05, 0.1) is 30.7 Å². The number of fused-ring (bicyclic) bond motifs is 3. The van der Waals surface area contributed by atoms with Gasteiger partial charge in [0, 0.05) is 36.2 Å². The third kappa shape index (κ3) is 2.88. The molecule has 2 fully saturated rings. The highest BCUT2D eigenvalue weighted by atomic mass is 16.5. The summed E-state index contributed by atoms with van der Waals surface area (Å²) >= 11 is 0. The monoisotopic (exact) mass is 391 g/mol. The molecule has 5 heterocycles. The molecule has 3 aliphatic heterocycles. The van der Waals surface area contributed by atoms with Crippen molar-refractivity contribution in [3.63, 3.8) is 0 Å². The van der Waals surface area contributed by atoms with Crippen LogP contribution >= 0.6 is 0 Å². The average Bonchev–Trinajstić information content (AvgIpc) is 3.42. The van der Waals surface area contributed by atoms with Crippen molar-refractivity contribution in [3.05, 3.63) is 47.9 Å². The topological polar surface area (TPSA) is 75.3 Å². The Bertz CT molecular complexity index is 1040. The first-order valence-electron chi connectivity index (χ1n) is 10.4. The highest BCUT2D eigenvalue weighted by Crippen LogP contribution is 2.40. The molecule has 3 aliphatic rings. The number of rotatable bonds is 3. The first-order chi connectivity index (χ1) is 14.3. The van der Waals surface area contributed by atoms with Crippen molar-refractivity contribution in [2.45, 2.75) is 19.0 Å². The van der Waals surface area contributed by atoms with Gasteiger partial charge in [-0.1, -0.05) is 18.2 Å². The summed E-state index contributed by atoms with van der Waals surface area (Å²) in [5.74, 6) is 3.12. The van der Waals surface area contributed by atoms with E-state index in [1.165, 1.54) is 5.56 Å². The van der Waals surface area contributed by atoms with Gasteiger partial charge in [0.25, 0.3) is 0 Å². The highest BCUT2D eigenvalue weighted by molar-refractivity contribution is 5.87. The number of aromatic amines is 1. The Morgan fingerprint density at radius 1 is 1.10 bits per heavy atom. The molecule has 2 N–H and O–H groups in total. The van der Waals surface area contributed by atoms with Crippen molar-refractivity contribution < 1.29 is 9.47 Å². The van der Waals surface area contributed by atoms with Crippen LogP contribution in [0.2, 0.25) is 0 Å². The van der Waals surface area contributed by atoms with E-state index in [0.29, 0.717) is 18.4 Å².